The molecule has 1 aromatic rings. The summed E-state index contributed by atoms with van der Waals surface area (Å²) in [5, 5.41) is 3.39. The molecule has 0 bridgehead atoms. The van der Waals surface area contributed by atoms with Gasteiger partial charge in [0.05, 0.1) is 0 Å². The topological polar surface area (TPSA) is 12.0 Å². The van der Waals surface area contributed by atoms with E-state index < -0.39 is 0 Å². The quantitative estimate of drug-likeness (QED) is 0.798. The second-order valence-electron chi connectivity index (χ2n) is 4.85. The number of halogens is 1. The van der Waals surface area contributed by atoms with Gasteiger partial charge in [0.15, 0.2) is 0 Å². The molecule has 0 aliphatic heterocycles. The Kier molecular flexibility index (Phi) is 4.48. The Morgan fingerprint density at radius 3 is 2.38 bits per heavy atom. The summed E-state index contributed by atoms with van der Waals surface area (Å²) < 4.78 is 13.8. The van der Waals surface area contributed by atoms with Crippen LogP contribution in [0.1, 0.15) is 45.7 Å². The van der Waals surface area contributed by atoms with Crippen molar-refractivity contribution in [1.29, 1.82) is 0 Å². The standard InChI is InChI=1S/C14H22FN/c1-5-14(3,4)13(16-6-2)11-9-7-8-10-12(11)15/h7-10,13,16H,5-6H2,1-4H3. The lowest BCUT2D eigenvalue weighted by Gasteiger charge is -2.34. The van der Waals surface area contributed by atoms with Gasteiger partial charge in [-0.1, -0.05) is 45.9 Å². The van der Waals surface area contributed by atoms with Gasteiger partial charge >= 0.3 is 0 Å². The predicted molar refractivity (Wildman–Crippen MR) is 66.9 cm³/mol. The summed E-state index contributed by atoms with van der Waals surface area (Å²) in [5.41, 5.74) is 0.828. The van der Waals surface area contributed by atoms with Crippen LogP contribution in [0.15, 0.2) is 24.3 Å². The van der Waals surface area contributed by atoms with Crippen molar-refractivity contribution in [2.24, 2.45) is 5.41 Å². The van der Waals surface area contributed by atoms with Crippen LogP contribution in [0, 0.1) is 11.2 Å². The Hall–Kier alpha value is -0.890. The summed E-state index contributed by atoms with van der Waals surface area (Å²) >= 11 is 0. The summed E-state index contributed by atoms with van der Waals surface area (Å²) in [6.07, 6.45) is 1.01. The minimum Gasteiger partial charge on any atom is -0.310 e. The molecule has 1 rings (SSSR count). The number of nitrogens with one attached hydrogen (secondary N) is 1. The van der Waals surface area contributed by atoms with Crippen LogP contribution < -0.4 is 5.32 Å². The fourth-order valence-corrected chi connectivity index (χ4v) is 1.92. The normalized spacial score (nSPS) is 13.8. The van der Waals surface area contributed by atoms with Crippen LogP contribution >= 0.6 is 0 Å². The minimum absolute atomic E-state index is 0.0538. The minimum atomic E-state index is -0.116. The van der Waals surface area contributed by atoms with E-state index in [1.54, 1.807) is 6.07 Å². The maximum atomic E-state index is 13.8. The van der Waals surface area contributed by atoms with Crippen LogP contribution in [0.2, 0.25) is 0 Å². The fourth-order valence-electron chi connectivity index (χ4n) is 1.92. The molecule has 0 aliphatic carbocycles. The molecule has 1 N–H and O–H groups in total. The molecular weight excluding hydrogens is 201 g/mol. The zero-order valence-electron chi connectivity index (χ0n) is 10.7. The molecule has 1 atom stereocenters. The van der Waals surface area contributed by atoms with Gasteiger partial charge in [-0.25, -0.2) is 4.39 Å². The molecule has 0 saturated heterocycles. The van der Waals surface area contributed by atoms with Crippen LogP contribution in [-0.2, 0) is 0 Å². The van der Waals surface area contributed by atoms with Crippen molar-refractivity contribution in [1.82, 2.24) is 5.32 Å². The van der Waals surface area contributed by atoms with Crippen molar-refractivity contribution in [3.63, 3.8) is 0 Å². The Morgan fingerprint density at radius 2 is 1.88 bits per heavy atom. The Labute approximate surface area is 98.1 Å². The molecule has 0 spiro atoms. The fraction of sp³-hybridized carbons (Fsp3) is 0.571. The first-order valence-electron chi connectivity index (χ1n) is 6.00. The van der Waals surface area contributed by atoms with Gasteiger partial charge in [0.25, 0.3) is 0 Å². The van der Waals surface area contributed by atoms with Crippen molar-refractivity contribution in [2.75, 3.05) is 6.54 Å². The third-order valence-corrected chi connectivity index (χ3v) is 3.32. The molecule has 90 valence electrons. The van der Waals surface area contributed by atoms with Crippen LogP contribution in [0.3, 0.4) is 0 Å². The third-order valence-electron chi connectivity index (χ3n) is 3.32. The summed E-state index contributed by atoms with van der Waals surface area (Å²) in [6.45, 7) is 9.40. The number of hydrogen-bond acceptors (Lipinski definition) is 1. The Balaban J connectivity index is 3.08. The molecular formula is C14H22FN. The second-order valence-corrected chi connectivity index (χ2v) is 4.85. The molecule has 2 heteroatoms. The first-order chi connectivity index (χ1) is 7.53. The first kappa shape index (κ1) is 13.2. The van der Waals surface area contributed by atoms with Gasteiger partial charge in [-0.15, -0.1) is 0 Å². The SMILES string of the molecule is CCNC(c1ccccc1F)C(C)(C)CC. The van der Waals surface area contributed by atoms with Crippen LogP contribution in [0.5, 0.6) is 0 Å². The van der Waals surface area contributed by atoms with Gasteiger partial charge in [-0.2, -0.15) is 0 Å². The van der Waals surface area contributed by atoms with E-state index in [2.05, 4.69) is 33.0 Å². The molecule has 0 radical (unpaired) electrons. The van der Waals surface area contributed by atoms with Crippen LogP contribution in [0.4, 0.5) is 4.39 Å². The highest BCUT2D eigenvalue weighted by Gasteiger charge is 2.29. The van der Waals surface area contributed by atoms with Gasteiger partial charge in [-0.05, 0) is 24.4 Å². The Bertz CT molecular complexity index is 333. The maximum absolute atomic E-state index is 13.8. The van der Waals surface area contributed by atoms with Crippen LogP contribution in [0.25, 0.3) is 0 Å². The first-order valence-corrected chi connectivity index (χ1v) is 6.00. The lowest BCUT2D eigenvalue weighted by molar-refractivity contribution is 0.232. The molecule has 0 aliphatic rings. The molecule has 16 heavy (non-hydrogen) atoms. The van der Waals surface area contributed by atoms with Gasteiger partial charge in [0.2, 0.25) is 0 Å². The largest absolute Gasteiger partial charge is 0.310 e. The summed E-state index contributed by atoms with van der Waals surface area (Å²) in [6, 6.07) is 7.12. The van der Waals surface area contributed by atoms with E-state index in [0.717, 1.165) is 18.5 Å². The van der Waals surface area contributed by atoms with Gasteiger partial charge in [-0.3, -0.25) is 0 Å². The lowest BCUT2D eigenvalue weighted by atomic mass is 9.78. The van der Waals surface area contributed by atoms with E-state index in [4.69, 9.17) is 0 Å². The molecule has 0 amide bonds. The van der Waals surface area contributed by atoms with E-state index in [-0.39, 0.29) is 17.3 Å². The van der Waals surface area contributed by atoms with E-state index in [1.165, 1.54) is 6.07 Å². The lowest BCUT2D eigenvalue weighted by Crippen LogP contribution is -2.34. The average molecular weight is 223 g/mol. The number of rotatable bonds is 5. The second kappa shape index (κ2) is 5.44. The molecule has 0 heterocycles. The molecule has 0 fully saturated rings. The predicted octanol–water partition coefficient (Wildman–Crippen LogP) is 3.91. The highest BCUT2D eigenvalue weighted by atomic mass is 19.1. The molecule has 1 unspecified atom stereocenters. The van der Waals surface area contributed by atoms with E-state index in [1.807, 2.05) is 12.1 Å². The van der Waals surface area contributed by atoms with Crippen molar-refractivity contribution >= 4 is 0 Å². The molecule has 0 aromatic heterocycles. The van der Waals surface area contributed by atoms with Crippen molar-refractivity contribution < 1.29 is 4.39 Å². The van der Waals surface area contributed by atoms with Gasteiger partial charge in [0, 0.05) is 11.6 Å². The monoisotopic (exact) mass is 223 g/mol. The van der Waals surface area contributed by atoms with E-state index >= 15 is 0 Å². The smallest absolute Gasteiger partial charge is 0.127 e. The van der Waals surface area contributed by atoms with Crippen LogP contribution in [-0.4, -0.2) is 6.54 Å². The highest BCUT2D eigenvalue weighted by molar-refractivity contribution is 5.23. The zero-order valence-corrected chi connectivity index (χ0v) is 10.7. The third kappa shape index (κ3) is 2.82. The van der Waals surface area contributed by atoms with Gasteiger partial charge < -0.3 is 5.32 Å². The average Bonchev–Trinajstić information content (AvgIpc) is 2.27. The molecule has 1 nitrogen and oxygen atoms in total. The van der Waals surface area contributed by atoms with E-state index in [9.17, 15) is 4.39 Å². The maximum Gasteiger partial charge on any atom is 0.127 e. The summed E-state index contributed by atoms with van der Waals surface area (Å²) in [7, 11) is 0. The summed E-state index contributed by atoms with van der Waals surface area (Å²) in [4.78, 5) is 0. The zero-order chi connectivity index (χ0) is 12.2. The van der Waals surface area contributed by atoms with Crippen molar-refractivity contribution in [3.8, 4) is 0 Å². The molecule has 0 saturated carbocycles. The van der Waals surface area contributed by atoms with Crippen molar-refractivity contribution in [3.05, 3.63) is 35.6 Å². The van der Waals surface area contributed by atoms with E-state index in [0.29, 0.717) is 0 Å². The highest BCUT2D eigenvalue weighted by Crippen LogP contribution is 2.37. The molecule has 1 aromatic carbocycles. The van der Waals surface area contributed by atoms with Gasteiger partial charge in [0.1, 0.15) is 5.82 Å². The Morgan fingerprint density at radius 1 is 1.25 bits per heavy atom. The van der Waals surface area contributed by atoms with Crippen molar-refractivity contribution in [2.45, 2.75) is 40.2 Å². The number of hydrogen-bond donors (Lipinski definition) is 1. The number of benzene rings is 1. The summed E-state index contributed by atoms with van der Waals surface area (Å²) in [5.74, 6) is -0.116.